The van der Waals surface area contributed by atoms with E-state index in [2.05, 4.69) is 9.97 Å². The zero-order valence-corrected chi connectivity index (χ0v) is 16.4. The molecule has 2 aromatic rings. The molecule has 0 radical (unpaired) electrons. The number of fused-ring (bicyclic) bond motifs is 1. The van der Waals surface area contributed by atoms with E-state index < -0.39 is 29.8 Å². The van der Waals surface area contributed by atoms with Gasteiger partial charge < -0.3 is 14.0 Å². The first-order chi connectivity index (χ1) is 12.7. The predicted octanol–water partition coefficient (Wildman–Crippen LogP) is 1.96. The Balaban J connectivity index is 2.07. The Bertz CT molecular complexity index is 883. The second-order valence-electron chi connectivity index (χ2n) is 6.90. The number of hydroxylamine groups is 2. The highest BCUT2D eigenvalue weighted by molar-refractivity contribution is 6.33. The third-order valence-electron chi connectivity index (χ3n) is 4.78. The Morgan fingerprint density at radius 2 is 2.07 bits per heavy atom. The van der Waals surface area contributed by atoms with Gasteiger partial charge in [0.15, 0.2) is 12.3 Å². The molecule has 9 nitrogen and oxygen atoms in total. The monoisotopic (exact) mass is 396 g/mol. The number of hydrogen-bond acceptors (Lipinski definition) is 7. The summed E-state index contributed by atoms with van der Waals surface area (Å²) in [6.45, 7) is 4.93. The SMILES string of the molecule is CON(C)C(=O)[C@H]1O[C@@H](n2ccc3c(Cl)ncnc32)[C@H](OC(C)=O)C1(C)C. The lowest BCUT2D eigenvalue weighted by Crippen LogP contribution is -2.46. The van der Waals surface area contributed by atoms with Crippen LogP contribution in [0.25, 0.3) is 11.0 Å². The van der Waals surface area contributed by atoms with E-state index in [-0.39, 0.29) is 5.91 Å². The van der Waals surface area contributed by atoms with Crippen LogP contribution in [0.4, 0.5) is 0 Å². The standard InChI is InChI=1S/C17H21ClN4O5/c1-9(23)26-12-16(22-7-6-10-13(18)19-8-20-14(10)22)27-11(17(12,2)3)15(24)21(4)25-5/h6-8,11-12,16H,1-5H3/t11-,12+,16-/m1/s1. The highest BCUT2D eigenvalue weighted by atomic mass is 35.5. The molecule has 0 spiro atoms. The number of halogens is 1. The van der Waals surface area contributed by atoms with Crippen molar-refractivity contribution in [3.63, 3.8) is 0 Å². The summed E-state index contributed by atoms with van der Waals surface area (Å²) in [6.07, 6.45) is 0.649. The van der Waals surface area contributed by atoms with Gasteiger partial charge in [-0.25, -0.2) is 15.0 Å². The van der Waals surface area contributed by atoms with E-state index in [4.69, 9.17) is 25.9 Å². The van der Waals surface area contributed by atoms with Crippen molar-refractivity contribution >= 4 is 34.5 Å². The van der Waals surface area contributed by atoms with Gasteiger partial charge in [-0.15, -0.1) is 0 Å². The lowest BCUT2D eigenvalue weighted by molar-refractivity contribution is -0.185. The topological polar surface area (TPSA) is 95.8 Å². The minimum absolute atomic E-state index is 0.298. The number of rotatable bonds is 4. The molecule has 146 valence electrons. The van der Waals surface area contributed by atoms with E-state index in [0.717, 1.165) is 5.06 Å². The molecule has 10 heteroatoms. The van der Waals surface area contributed by atoms with Gasteiger partial charge in [-0.05, 0) is 6.07 Å². The molecule has 1 saturated heterocycles. The molecule has 27 heavy (non-hydrogen) atoms. The second kappa shape index (κ2) is 7.06. The normalized spacial score (nSPS) is 24.1. The summed E-state index contributed by atoms with van der Waals surface area (Å²) in [5.74, 6) is -0.856. The van der Waals surface area contributed by atoms with Crippen molar-refractivity contribution in [3.05, 3.63) is 23.7 Å². The second-order valence-corrected chi connectivity index (χ2v) is 7.26. The average Bonchev–Trinajstić information content (AvgIpc) is 3.14. The van der Waals surface area contributed by atoms with Gasteiger partial charge in [-0.2, -0.15) is 0 Å². The van der Waals surface area contributed by atoms with Crippen molar-refractivity contribution in [2.75, 3.05) is 14.2 Å². The Kier molecular flexibility index (Phi) is 5.11. The van der Waals surface area contributed by atoms with Gasteiger partial charge in [-0.1, -0.05) is 25.4 Å². The molecule has 0 aliphatic carbocycles. The number of aromatic nitrogens is 3. The van der Waals surface area contributed by atoms with E-state index in [1.165, 1.54) is 27.4 Å². The Morgan fingerprint density at radius 3 is 2.70 bits per heavy atom. The molecule has 2 aromatic heterocycles. The van der Waals surface area contributed by atoms with Crippen molar-refractivity contribution in [2.45, 2.75) is 39.2 Å². The van der Waals surface area contributed by atoms with Crippen molar-refractivity contribution in [3.8, 4) is 0 Å². The van der Waals surface area contributed by atoms with Crippen LogP contribution in [0.5, 0.6) is 0 Å². The minimum Gasteiger partial charge on any atom is -0.457 e. The van der Waals surface area contributed by atoms with Gasteiger partial charge in [0.05, 0.1) is 12.5 Å². The first kappa shape index (κ1) is 19.5. The number of likely N-dealkylation sites (N-methyl/N-ethyl adjacent to an activating group) is 1. The minimum atomic E-state index is -0.897. The van der Waals surface area contributed by atoms with Crippen LogP contribution in [0.1, 0.15) is 27.0 Å². The number of esters is 1. The smallest absolute Gasteiger partial charge is 0.303 e. The molecule has 1 aliphatic heterocycles. The maximum absolute atomic E-state index is 12.7. The molecule has 1 aliphatic rings. The van der Waals surface area contributed by atoms with Gasteiger partial charge in [-0.3, -0.25) is 14.4 Å². The average molecular weight is 397 g/mol. The fraction of sp³-hybridized carbons (Fsp3) is 0.529. The van der Waals surface area contributed by atoms with Gasteiger partial charge >= 0.3 is 5.97 Å². The van der Waals surface area contributed by atoms with Gasteiger partial charge in [0.2, 0.25) is 0 Å². The molecule has 1 fully saturated rings. The molecule has 3 heterocycles. The summed E-state index contributed by atoms with van der Waals surface area (Å²) < 4.78 is 13.3. The van der Waals surface area contributed by atoms with Gasteiger partial charge in [0.25, 0.3) is 5.91 Å². The van der Waals surface area contributed by atoms with Crippen LogP contribution in [-0.2, 0) is 23.9 Å². The van der Waals surface area contributed by atoms with Crippen molar-refractivity contribution in [1.29, 1.82) is 0 Å². The van der Waals surface area contributed by atoms with Gasteiger partial charge in [0.1, 0.15) is 23.2 Å². The summed E-state index contributed by atoms with van der Waals surface area (Å²) in [7, 11) is 2.88. The summed E-state index contributed by atoms with van der Waals surface area (Å²) in [5, 5.41) is 2.02. The van der Waals surface area contributed by atoms with Crippen LogP contribution in [0.3, 0.4) is 0 Å². The van der Waals surface area contributed by atoms with Crippen LogP contribution in [0, 0.1) is 5.41 Å². The lowest BCUT2D eigenvalue weighted by Gasteiger charge is -2.31. The first-order valence-corrected chi connectivity index (χ1v) is 8.67. The highest BCUT2D eigenvalue weighted by Gasteiger charge is 2.57. The van der Waals surface area contributed by atoms with E-state index in [1.54, 1.807) is 30.7 Å². The Labute approximate surface area is 161 Å². The van der Waals surface area contributed by atoms with Crippen LogP contribution < -0.4 is 0 Å². The zero-order chi connectivity index (χ0) is 19.9. The molecule has 0 bridgehead atoms. The number of hydrogen-bond donors (Lipinski definition) is 0. The number of amides is 1. The zero-order valence-electron chi connectivity index (χ0n) is 15.7. The van der Waals surface area contributed by atoms with Gasteiger partial charge in [0, 0.05) is 25.6 Å². The molecule has 3 rings (SSSR count). The fourth-order valence-corrected chi connectivity index (χ4v) is 3.47. The molecule has 0 N–H and O–H groups in total. The quantitative estimate of drug-likeness (QED) is 0.442. The largest absolute Gasteiger partial charge is 0.457 e. The van der Waals surface area contributed by atoms with Crippen molar-refractivity contribution < 1.29 is 23.9 Å². The fourth-order valence-electron chi connectivity index (χ4n) is 3.28. The molecule has 1 amide bonds. The van der Waals surface area contributed by atoms with E-state index in [0.29, 0.717) is 16.2 Å². The molecular weight excluding hydrogens is 376 g/mol. The highest BCUT2D eigenvalue weighted by Crippen LogP contribution is 2.46. The molecular formula is C17H21ClN4O5. The maximum atomic E-state index is 12.7. The van der Waals surface area contributed by atoms with Crippen molar-refractivity contribution in [2.24, 2.45) is 5.41 Å². The summed E-state index contributed by atoms with van der Waals surface area (Å²) in [5.41, 5.74) is -0.311. The van der Waals surface area contributed by atoms with Crippen LogP contribution >= 0.6 is 11.6 Å². The summed E-state index contributed by atoms with van der Waals surface area (Å²) in [4.78, 5) is 37.7. The van der Waals surface area contributed by atoms with Crippen molar-refractivity contribution in [1.82, 2.24) is 19.6 Å². The Hall–Kier alpha value is -2.23. The van der Waals surface area contributed by atoms with Crippen LogP contribution in [0.15, 0.2) is 18.6 Å². The Morgan fingerprint density at radius 1 is 1.37 bits per heavy atom. The maximum Gasteiger partial charge on any atom is 0.303 e. The number of carbonyl (C=O) groups is 2. The van der Waals surface area contributed by atoms with Crippen LogP contribution in [-0.4, -0.2) is 57.8 Å². The number of nitrogens with zero attached hydrogens (tertiary/aromatic N) is 4. The van der Waals surface area contributed by atoms with E-state index in [1.807, 2.05) is 0 Å². The number of ether oxygens (including phenoxy) is 2. The number of carbonyl (C=O) groups excluding carboxylic acids is 2. The molecule has 0 unspecified atom stereocenters. The molecule has 0 aromatic carbocycles. The third kappa shape index (κ3) is 3.26. The third-order valence-corrected chi connectivity index (χ3v) is 5.08. The van der Waals surface area contributed by atoms with Crippen LogP contribution in [0.2, 0.25) is 5.15 Å². The van der Waals surface area contributed by atoms with E-state index in [9.17, 15) is 9.59 Å². The molecule has 0 saturated carbocycles. The summed E-state index contributed by atoms with van der Waals surface area (Å²) in [6, 6.07) is 1.75. The lowest BCUT2D eigenvalue weighted by atomic mass is 9.81. The summed E-state index contributed by atoms with van der Waals surface area (Å²) >= 11 is 6.13. The van der Waals surface area contributed by atoms with E-state index >= 15 is 0 Å². The predicted molar refractivity (Wildman–Crippen MR) is 95.6 cm³/mol. The first-order valence-electron chi connectivity index (χ1n) is 8.30. The molecule has 3 atom stereocenters.